The fraction of sp³-hybridized carbons (Fsp3) is 0.438. The van der Waals surface area contributed by atoms with Crippen molar-refractivity contribution in [2.75, 3.05) is 12.9 Å². The van der Waals surface area contributed by atoms with Crippen LogP contribution in [0.3, 0.4) is 0 Å². The van der Waals surface area contributed by atoms with Crippen molar-refractivity contribution in [3.8, 4) is 5.69 Å². The summed E-state index contributed by atoms with van der Waals surface area (Å²) in [4.78, 5) is 23.5. The predicted molar refractivity (Wildman–Crippen MR) is 91.6 cm³/mol. The first-order valence-electron chi connectivity index (χ1n) is 8.06. The smallest absolute Gasteiger partial charge is 0.337 e. The van der Waals surface area contributed by atoms with Crippen molar-refractivity contribution >= 4 is 23.6 Å². The molecule has 1 aromatic heterocycles. The van der Waals surface area contributed by atoms with Gasteiger partial charge in [-0.2, -0.15) is 4.68 Å². The molecule has 1 aromatic carbocycles. The Balaban J connectivity index is 1.62. The van der Waals surface area contributed by atoms with Crippen molar-refractivity contribution in [3.63, 3.8) is 0 Å². The maximum absolute atomic E-state index is 12.0. The first-order chi connectivity index (χ1) is 12.2. The Morgan fingerprint density at radius 3 is 2.68 bits per heavy atom. The summed E-state index contributed by atoms with van der Waals surface area (Å²) < 4.78 is 6.21. The number of hydrogen-bond donors (Lipinski definition) is 1. The number of nitrogens with one attached hydrogen (secondary N) is 1. The fourth-order valence-corrected chi connectivity index (χ4v) is 3.46. The van der Waals surface area contributed by atoms with Crippen LogP contribution in [0.2, 0.25) is 0 Å². The van der Waals surface area contributed by atoms with Gasteiger partial charge < -0.3 is 10.1 Å². The molecule has 9 heteroatoms. The molecule has 1 saturated carbocycles. The van der Waals surface area contributed by atoms with Gasteiger partial charge in [-0.3, -0.25) is 4.79 Å². The summed E-state index contributed by atoms with van der Waals surface area (Å²) in [5.74, 6) is -0.147. The zero-order valence-electron chi connectivity index (χ0n) is 13.8. The minimum Gasteiger partial charge on any atom is -0.465 e. The maximum atomic E-state index is 12.0. The number of tetrazole rings is 1. The Labute approximate surface area is 149 Å². The van der Waals surface area contributed by atoms with E-state index in [1.807, 2.05) is 0 Å². The van der Waals surface area contributed by atoms with E-state index < -0.39 is 5.97 Å². The topological polar surface area (TPSA) is 99.0 Å². The highest BCUT2D eigenvalue weighted by Crippen LogP contribution is 2.20. The van der Waals surface area contributed by atoms with Crippen LogP contribution >= 0.6 is 11.8 Å². The lowest BCUT2D eigenvalue weighted by Crippen LogP contribution is -2.33. The van der Waals surface area contributed by atoms with Crippen molar-refractivity contribution in [1.29, 1.82) is 0 Å². The van der Waals surface area contributed by atoms with Crippen LogP contribution in [0.25, 0.3) is 5.69 Å². The van der Waals surface area contributed by atoms with Gasteiger partial charge in [-0.1, -0.05) is 24.6 Å². The third kappa shape index (κ3) is 4.36. The number of thioether (sulfide) groups is 1. The fourth-order valence-electron chi connectivity index (χ4n) is 2.76. The standard InChI is InChI=1S/C16H19N5O3S/c1-24-15(23)11-6-8-13(9-7-11)21-16(18-19-20-21)25-10-14(22)17-12-4-2-3-5-12/h6-9,12H,2-5,10H2,1H3,(H,17,22). The second kappa shape index (κ2) is 8.11. The molecular weight excluding hydrogens is 342 g/mol. The Morgan fingerprint density at radius 1 is 1.28 bits per heavy atom. The lowest BCUT2D eigenvalue weighted by molar-refractivity contribution is -0.119. The van der Waals surface area contributed by atoms with Crippen LogP contribution in [0.5, 0.6) is 0 Å². The molecule has 0 unspecified atom stereocenters. The summed E-state index contributed by atoms with van der Waals surface area (Å²) in [6, 6.07) is 7.04. The van der Waals surface area contributed by atoms with E-state index in [4.69, 9.17) is 0 Å². The third-order valence-corrected chi connectivity index (χ3v) is 4.95. The zero-order valence-corrected chi connectivity index (χ0v) is 14.7. The number of benzene rings is 1. The lowest BCUT2D eigenvalue weighted by Gasteiger charge is -2.11. The van der Waals surface area contributed by atoms with Crippen molar-refractivity contribution in [3.05, 3.63) is 29.8 Å². The monoisotopic (exact) mass is 361 g/mol. The van der Waals surface area contributed by atoms with Crippen molar-refractivity contribution in [2.24, 2.45) is 0 Å². The minimum absolute atomic E-state index is 0.00695. The first kappa shape index (κ1) is 17.4. The molecule has 1 fully saturated rings. The normalized spacial score (nSPS) is 14.4. The van der Waals surface area contributed by atoms with E-state index in [1.54, 1.807) is 24.3 Å². The average Bonchev–Trinajstić information content (AvgIpc) is 3.31. The number of carbonyl (C=O) groups is 2. The van der Waals surface area contributed by atoms with Crippen LogP contribution in [-0.2, 0) is 9.53 Å². The number of esters is 1. The summed E-state index contributed by atoms with van der Waals surface area (Å²) in [6.45, 7) is 0. The van der Waals surface area contributed by atoms with E-state index in [1.165, 1.54) is 36.4 Å². The van der Waals surface area contributed by atoms with E-state index in [2.05, 4.69) is 25.6 Å². The van der Waals surface area contributed by atoms with E-state index >= 15 is 0 Å². The molecule has 3 rings (SSSR count). The quantitative estimate of drug-likeness (QED) is 0.616. The molecule has 0 spiro atoms. The van der Waals surface area contributed by atoms with Crippen LogP contribution in [0.4, 0.5) is 0 Å². The predicted octanol–water partition coefficient (Wildman–Crippen LogP) is 1.60. The molecule has 0 bridgehead atoms. The molecule has 1 heterocycles. The lowest BCUT2D eigenvalue weighted by atomic mass is 10.2. The molecule has 0 aliphatic heterocycles. The Hall–Kier alpha value is -2.42. The van der Waals surface area contributed by atoms with Crippen LogP contribution in [-0.4, -0.2) is 51.0 Å². The van der Waals surface area contributed by atoms with E-state index in [0.717, 1.165) is 12.8 Å². The van der Waals surface area contributed by atoms with Gasteiger partial charge in [0.2, 0.25) is 11.1 Å². The summed E-state index contributed by atoms with van der Waals surface area (Å²) in [5, 5.41) is 15.1. The summed E-state index contributed by atoms with van der Waals surface area (Å²) in [6.07, 6.45) is 4.47. The number of ether oxygens (including phenoxy) is 1. The third-order valence-electron chi connectivity index (χ3n) is 4.03. The average molecular weight is 361 g/mol. The van der Waals surface area contributed by atoms with Crippen molar-refractivity contribution in [1.82, 2.24) is 25.5 Å². The largest absolute Gasteiger partial charge is 0.465 e. The number of carbonyl (C=O) groups excluding carboxylic acids is 2. The van der Waals surface area contributed by atoms with Crippen LogP contribution in [0, 0.1) is 0 Å². The molecule has 25 heavy (non-hydrogen) atoms. The number of methoxy groups -OCH3 is 1. The SMILES string of the molecule is COC(=O)c1ccc(-n2nnnc2SCC(=O)NC2CCCC2)cc1. The number of hydrogen-bond acceptors (Lipinski definition) is 7. The van der Waals surface area contributed by atoms with Gasteiger partial charge in [0.1, 0.15) is 0 Å². The van der Waals surface area contributed by atoms with Crippen LogP contribution in [0.15, 0.2) is 29.4 Å². The first-order valence-corrected chi connectivity index (χ1v) is 9.05. The van der Waals surface area contributed by atoms with Gasteiger partial charge in [-0.15, -0.1) is 5.10 Å². The van der Waals surface area contributed by atoms with Crippen molar-refractivity contribution in [2.45, 2.75) is 36.9 Å². The molecule has 1 aliphatic carbocycles. The molecule has 8 nitrogen and oxygen atoms in total. The van der Waals surface area contributed by atoms with Gasteiger partial charge in [-0.05, 0) is 47.5 Å². The highest BCUT2D eigenvalue weighted by Gasteiger charge is 2.18. The summed E-state index contributed by atoms with van der Waals surface area (Å²) in [5.41, 5.74) is 1.15. The number of aromatic nitrogens is 4. The minimum atomic E-state index is -0.401. The molecule has 1 amide bonds. The van der Waals surface area contributed by atoms with Crippen molar-refractivity contribution < 1.29 is 14.3 Å². The number of nitrogens with zero attached hydrogens (tertiary/aromatic N) is 4. The summed E-state index contributed by atoms with van der Waals surface area (Å²) in [7, 11) is 1.34. The van der Waals surface area contributed by atoms with Crippen LogP contribution < -0.4 is 5.32 Å². The Kier molecular flexibility index (Phi) is 5.64. The van der Waals surface area contributed by atoms with Gasteiger partial charge >= 0.3 is 5.97 Å². The Bertz CT molecular complexity index is 740. The number of amides is 1. The zero-order chi connectivity index (χ0) is 17.6. The molecule has 0 radical (unpaired) electrons. The Morgan fingerprint density at radius 2 is 2.00 bits per heavy atom. The van der Waals surface area contributed by atoms with Gasteiger partial charge in [-0.25, -0.2) is 4.79 Å². The van der Waals surface area contributed by atoms with Gasteiger partial charge in [0.25, 0.3) is 0 Å². The van der Waals surface area contributed by atoms with Gasteiger partial charge in [0.05, 0.1) is 24.1 Å². The molecule has 132 valence electrons. The maximum Gasteiger partial charge on any atom is 0.337 e. The van der Waals surface area contributed by atoms with Gasteiger partial charge in [0.15, 0.2) is 0 Å². The van der Waals surface area contributed by atoms with E-state index in [0.29, 0.717) is 22.4 Å². The molecule has 1 aliphatic rings. The molecular formula is C16H19N5O3S. The highest BCUT2D eigenvalue weighted by molar-refractivity contribution is 7.99. The van der Waals surface area contributed by atoms with Gasteiger partial charge in [0, 0.05) is 6.04 Å². The van der Waals surface area contributed by atoms with Crippen LogP contribution in [0.1, 0.15) is 36.0 Å². The number of rotatable bonds is 6. The second-order valence-electron chi connectivity index (χ2n) is 5.75. The molecule has 1 N–H and O–H groups in total. The van der Waals surface area contributed by atoms with E-state index in [9.17, 15) is 9.59 Å². The highest BCUT2D eigenvalue weighted by atomic mass is 32.2. The van der Waals surface area contributed by atoms with E-state index in [-0.39, 0.29) is 11.7 Å². The second-order valence-corrected chi connectivity index (χ2v) is 6.69. The molecule has 0 saturated heterocycles. The molecule has 0 atom stereocenters. The molecule has 2 aromatic rings. The summed E-state index contributed by atoms with van der Waals surface area (Å²) >= 11 is 1.28.